The Morgan fingerprint density at radius 2 is 2.29 bits per heavy atom. The van der Waals surface area contributed by atoms with Gasteiger partial charge in [-0.05, 0) is 48.4 Å². The van der Waals surface area contributed by atoms with Gasteiger partial charge in [0.15, 0.2) is 0 Å². The SMILES string of the molecule is C=CCN[C@H]1C2CCCC[C@]1(C)c1cc(OC)ccc1C2. The quantitative estimate of drug-likeness (QED) is 0.849. The zero-order chi connectivity index (χ0) is 14.9. The highest BCUT2D eigenvalue weighted by atomic mass is 16.5. The van der Waals surface area contributed by atoms with Crippen molar-refractivity contribution in [3.63, 3.8) is 0 Å². The van der Waals surface area contributed by atoms with Gasteiger partial charge in [-0.25, -0.2) is 0 Å². The second-order valence-electron chi connectivity index (χ2n) is 6.83. The van der Waals surface area contributed by atoms with Gasteiger partial charge in [0, 0.05) is 18.0 Å². The van der Waals surface area contributed by atoms with Crippen molar-refractivity contribution in [1.82, 2.24) is 5.32 Å². The molecule has 1 fully saturated rings. The van der Waals surface area contributed by atoms with Crippen molar-refractivity contribution in [3.05, 3.63) is 42.0 Å². The molecule has 114 valence electrons. The molecule has 2 aliphatic carbocycles. The fraction of sp³-hybridized carbons (Fsp3) is 0.579. The van der Waals surface area contributed by atoms with Gasteiger partial charge in [-0.1, -0.05) is 31.9 Å². The van der Waals surface area contributed by atoms with E-state index in [4.69, 9.17) is 4.74 Å². The Hall–Kier alpha value is -1.28. The van der Waals surface area contributed by atoms with Crippen molar-refractivity contribution in [3.8, 4) is 5.75 Å². The molecule has 1 N–H and O–H groups in total. The lowest BCUT2D eigenvalue weighted by atomic mass is 9.62. The van der Waals surface area contributed by atoms with Gasteiger partial charge in [0.05, 0.1) is 7.11 Å². The summed E-state index contributed by atoms with van der Waals surface area (Å²) >= 11 is 0. The Balaban J connectivity index is 2.05. The van der Waals surface area contributed by atoms with Crippen molar-refractivity contribution >= 4 is 0 Å². The Morgan fingerprint density at radius 1 is 1.43 bits per heavy atom. The number of benzene rings is 1. The van der Waals surface area contributed by atoms with Crippen molar-refractivity contribution in [2.45, 2.75) is 50.5 Å². The highest BCUT2D eigenvalue weighted by Gasteiger charge is 2.46. The summed E-state index contributed by atoms with van der Waals surface area (Å²) in [5.74, 6) is 1.73. The van der Waals surface area contributed by atoms with Crippen LogP contribution in [0.2, 0.25) is 0 Å². The molecule has 0 saturated heterocycles. The lowest BCUT2D eigenvalue weighted by Gasteiger charge is -2.46. The van der Waals surface area contributed by atoms with Gasteiger partial charge in [-0.2, -0.15) is 0 Å². The molecule has 0 amide bonds. The standard InChI is InChI=1S/C19H27NO/c1-4-11-20-18-15-7-5-6-10-19(18,2)17-13-16(21-3)9-8-14(17)12-15/h4,8-9,13,15,18,20H,1,5-7,10-12H2,2-3H3/t15?,18-,19+/m0/s1. The second-order valence-corrected chi connectivity index (χ2v) is 6.83. The molecule has 3 atom stereocenters. The molecule has 1 saturated carbocycles. The summed E-state index contributed by atoms with van der Waals surface area (Å²) in [7, 11) is 1.76. The predicted molar refractivity (Wildman–Crippen MR) is 88.0 cm³/mol. The molecule has 0 spiro atoms. The molecule has 2 aliphatic rings. The molecule has 1 aromatic rings. The van der Waals surface area contributed by atoms with Crippen LogP contribution in [0.3, 0.4) is 0 Å². The average Bonchev–Trinajstić information content (AvgIpc) is 2.61. The third-order valence-corrected chi connectivity index (χ3v) is 5.58. The number of nitrogens with one attached hydrogen (secondary N) is 1. The lowest BCUT2D eigenvalue weighted by molar-refractivity contribution is 0.214. The van der Waals surface area contributed by atoms with E-state index in [9.17, 15) is 0 Å². The highest BCUT2D eigenvalue weighted by Crippen LogP contribution is 2.48. The summed E-state index contributed by atoms with van der Waals surface area (Å²) < 4.78 is 5.47. The molecule has 3 rings (SSSR count). The average molecular weight is 285 g/mol. The Kier molecular flexibility index (Phi) is 4.08. The zero-order valence-electron chi connectivity index (χ0n) is 13.3. The minimum atomic E-state index is 0.215. The van der Waals surface area contributed by atoms with Crippen molar-refractivity contribution in [2.75, 3.05) is 13.7 Å². The van der Waals surface area contributed by atoms with E-state index in [-0.39, 0.29) is 5.41 Å². The maximum absolute atomic E-state index is 5.47. The van der Waals surface area contributed by atoms with E-state index in [0.717, 1.165) is 18.2 Å². The number of methoxy groups -OCH3 is 1. The van der Waals surface area contributed by atoms with Gasteiger partial charge < -0.3 is 10.1 Å². The van der Waals surface area contributed by atoms with Crippen LogP contribution in [0.15, 0.2) is 30.9 Å². The summed E-state index contributed by atoms with van der Waals surface area (Å²) in [5, 5.41) is 3.77. The molecule has 0 aromatic heterocycles. The molecule has 1 aromatic carbocycles. The smallest absolute Gasteiger partial charge is 0.119 e. The van der Waals surface area contributed by atoms with Gasteiger partial charge in [0.1, 0.15) is 5.75 Å². The van der Waals surface area contributed by atoms with Crippen LogP contribution in [-0.2, 0) is 11.8 Å². The Labute approximate surface area is 128 Å². The van der Waals surface area contributed by atoms with Crippen LogP contribution < -0.4 is 10.1 Å². The molecule has 21 heavy (non-hydrogen) atoms. The van der Waals surface area contributed by atoms with Gasteiger partial charge >= 0.3 is 0 Å². The van der Waals surface area contributed by atoms with Crippen LogP contribution in [0, 0.1) is 5.92 Å². The van der Waals surface area contributed by atoms with Crippen molar-refractivity contribution in [1.29, 1.82) is 0 Å². The molecule has 1 unspecified atom stereocenters. The zero-order valence-corrected chi connectivity index (χ0v) is 13.3. The fourth-order valence-electron chi connectivity index (χ4n) is 4.54. The second kappa shape index (κ2) is 5.84. The monoisotopic (exact) mass is 285 g/mol. The summed E-state index contributed by atoms with van der Waals surface area (Å²) in [6, 6.07) is 7.23. The normalized spacial score (nSPS) is 31.1. The molecule has 0 aliphatic heterocycles. The largest absolute Gasteiger partial charge is 0.497 e. The van der Waals surface area contributed by atoms with Crippen molar-refractivity contribution in [2.24, 2.45) is 5.92 Å². The lowest BCUT2D eigenvalue weighted by Crippen LogP contribution is -2.54. The van der Waals surface area contributed by atoms with E-state index in [1.807, 2.05) is 6.08 Å². The van der Waals surface area contributed by atoms with E-state index in [1.165, 1.54) is 43.2 Å². The molecular weight excluding hydrogens is 258 g/mol. The van der Waals surface area contributed by atoms with Crippen LogP contribution in [0.25, 0.3) is 0 Å². The van der Waals surface area contributed by atoms with Crippen LogP contribution in [-0.4, -0.2) is 19.7 Å². The predicted octanol–water partition coefficient (Wildman–Crippen LogP) is 3.84. The van der Waals surface area contributed by atoms with Gasteiger partial charge in [0.2, 0.25) is 0 Å². The first kappa shape index (κ1) is 14.6. The van der Waals surface area contributed by atoms with Crippen LogP contribution >= 0.6 is 0 Å². The Morgan fingerprint density at radius 3 is 3.05 bits per heavy atom. The number of fused-ring (bicyclic) bond motifs is 4. The molecule has 0 radical (unpaired) electrons. The first-order chi connectivity index (χ1) is 10.2. The first-order valence-corrected chi connectivity index (χ1v) is 8.20. The number of hydrogen-bond acceptors (Lipinski definition) is 2. The molecule has 2 nitrogen and oxygen atoms in total. The van der Waals surface area contributed by atoms with E-state index < -0.39 is 0 Å². The minimum absolute atomic E-state index is 0.215. The topological polar surface area (TPSA) is 21.3 Å². The highest BCUT2D eigenvalue weighted by molar-refractivity contribution is 5.44. The van der Waals surface area contributed by atoms with Crippen LogP contribution in [0.5, 0.6) is 5.75 Å². The molecule has 2 bridgehead atoms. The summed E-state index contributed by atoms with van der Waals surface area (Å²) in [5.41, 5.74) is 3.25. The van der Waals surface area contributed by atoms with Crippen LogP contribution in [0.4, 0.5) is 0 Å². The minimum Gasteiger partial charge on any atom is -0.497 e. The molecular formula is C19H27NO. The third-order valence-electron chi connectivity index (χ3n) is 5.58. The van der Waals surface area contributed by atoms with Gasteiger partial charge in [0.25, 0.3) is 0 Å². The molecule has 2 heteroatoms. The van der Waals surface area contributed by atoms with E-state index >= 15 is 0 Å². The van der Waals surface area contributed by atoms with Crippen LogP contribution in [0.1, 0.15) is 43.7 Å². The summed E-state index contributed by atoms with van der Waals surface area (Å²) in [6.07, 6.45) is 8.47. The van der Waals surface area contributed by atoms with E-state index in [0.29, 0.717) is 6.04 Å². The fourth-order valence-corrected chi connectivity index (χ4v) is 4.54. The first-order valence-electron chi connectivity index (χ1n) is 8.20. The summed E-state index contributed by atoms with van der Waals surface area (Å²) in [4.78, 5) is 0. The van der Waals surface area contributed by atoms with E-state index in [2.05, 4.69) is 37.0 Å². The third kappa shape index (κ3) is 2.50. The number of rotatable bonds is 4. The van der Waals surface area contributed by atoms with Gasteiger partial charge in [-0.3, -0.25) is 0 Å². The number of hydrogen-bond donors (Lipinski definition) is 1. The molecule has 0 heterocycles. The maximum Gasteiger partial charge on any atom is 0.119 e. The maximum atomic E-state index is 5.47. The van der Waals surface area contributed by atoms with Gasteiger partial charge in [-0.15, -0.1) is 6.58 Å². The Bertz CT molecular complexity index is 524. The van der Waals surface area contributed by atoms with Crippen molar-refractivity contribution < 1.29 is 4.74 Å². The number of ether oxygens (including phenoxy) is 1. The summed E-state index contributed by atoms with van der Waals surface area (Å²) in [6.45, 7) is 7.22. The van der Waals surface area contributed by atoms with E-state index in [1.54, 1.807) is 7.11 Å².